The molecular formula is C12H20N6. The van der Waals surface area contributed by atoms with Crippen molar-refractivity contribution in [1.82, 2.24) is 25.0 Å². The Kier molecular flexibility index (Phi) is 3.78. The molecule has 0 fully saturated rings. The maximum Gasteiger partial charge on any atom is 0.0774 e. The highest BCUT2D eigenvalue weighted by atomic mass is 15.3. The second kappa shape index (κ2) is 5.32. The van der Waals surface area contributed by atoms with Crippen LogP contribution >= 0.6 is 0 Å². The van der Waals surface area contributed by atoms with Gasteiger partial charge in [-0.15, -0.1) is 0 Å². The smallest absolute Gasteiger partial charge is 0.0774 e. The summed E-state index contributed by atoms with van der Waals surface area (Å²) in [5, 5.41) is 8.67. The van der Waals surface area contributed by atoms with Crippen LogP contribution in [-0.2, 0) is 13.6 Å². The molecule has 6 nitrogen and oxygen atoms in total. The van der Waals surface area contributed by atoms with E-state index in [1.165, 1.54) is 0 Å². The normalized spacial score (nSPS) is 12.9. The van der Waals surface area contributed by atoms with Crippen LogP contribution in [0.5, 0.6) is 0 Å². The molecule has 18 heavy (non-hydrogen) atoms. The van der Waals surface area contributed by atoms with Crippen LogP contribution in [0.2, 0.25) is 0 Å². The van der Waals surface area contributed by atoms with Crippen molar-refractivity contribution in [3.63, 3.8) is 0 Å². The fourth-order valence-electron chi connectivity index (χ4n) is 2.15. The molecule has 1 atom stereocenters. The minimum absolute atomic E-state index is 0.0655. The van der Waals surface area contributed by atoms with Crippen LogP contribution in [0.4, 0.5) is 0 Å². The van der Waals surface area contributed by atoms with Gasteiger partial charge >= 0.3 is 0 Å². The van der Waals surface area contributed by atoms with E-state index < -0.39 is 0 Å². The third-order valence-corrected chi connectivity index (χ3v) is 2.97. The lowest BCUT2D eigenvalue weighted by atomic mass is 10.0. The third kappa shape index (κ3) is 2.44. The first-order valence-electron chi connectivity index (χ1n) is 6.14. The Morgan fingerprint density at radius 3 is 2.78 bits per heavy atom. The van der Waals surface area contributed by atoms with Crippen LogP contribution in [0.3, 0.4) is 0 Å². The Hall–Kier alpha value is -1.66. The highest BCUT2D eigenvalue weighted by molar-refractivity contribution is 5.30. The Morgan fingerprint density at radius 2 is 2.22 bits per heavy atom. The van der Waals surface area contributed by atoms with Gasteiger partial charge in [-0.25, -0.2) is 5.43 Å². The van der Waals surface area contributed by atoms with Gasteiger partial charge in [-0.3, -0.25) is 15.2 Å². The summed E-state index contributed by atoms with van der Waals surface area (Å²) in [6, 6.07) is -0.0655. The topological polar surface area (TPSA) is 73.7 Å². The standard InChI is InChI=1S/C12H20N6/c1-4-5-18-7-10(6-14-18)12(15-13)11-8-17(3)16-9(11)2/h6-8,12,15H,4-5,13H2,1-3H3. The second-order valence-electron chi connectivity index (χ2n) is 4.48. The molecule has 0 aliphatic rings. The van der Waals surface area contributed by atoms with E-state index in [9.17, 15) is 0 Å². The van der Waals surface area contributed by atoms with Crippen LogP contribution in [-0.4, -0.2) is 19.6 Å². The number of nitrogens with two attached hydrogens (primary N) is 1. The minimum atomic E-state index is -0.0655. The summed E-state index contributed by atoms with van der Waals surface area (Å²) < 4.78 is 3.73. The molecule has 1 unspecified atom stereocenters. The Balaban J connectivity index is 2.29. The molecule has 0 aliphatic carbocycles. The number of aromatic nitrogens is 4. The van der Waals surface area contributed by atoms with Crippen LogP contribution in [0.25, 0.3) is 0 Å². The van der Waals surface area contributed by atoms with Crippen LogP contribution in [0.1, 0.15) is 36.2 Å². The van der Waals surface area contributed by atoms with Crippen molar-refractivity contribution in [2.75, 3.05) is 0 Å². The summed E-state index contributed by atoms with van der Waals surface area (Å²) in [5.41, 5.74) is 5.95. The Labute approximate surface area is 107 Å². The van der Waals surface area contributed by atoms with E-state index in [0.717, 1.165) is 29.8 Å². The molecule has 0 radical (unpaired) electrons. The van der Waals surface area contributed by atoms with Gasteiger partial charge in [-0.05, 0) is 13.3 Å². The van der Waals surface area contributed by atoms with Crippen molar-refractivity contribution >= 4 is 0 Å². The molecule has 0 aliphatic heterocycles. The van der Waals surface area contributed by atoms with Gasteiger partial charge in [0.1, 0.15) is 0 Å². The van der Waals surface area contributed by atoms with Gasteiger partial charge in [0.05, 0.1) is 17.9 Å². The monoisotopic (exact) mass is 248 g/mol. The number of rotatable bonds is 5. The molecule has 2 aromatic heterocycles. The van der Waals surface area contributed by atoms with Crippen molar-refractivity contribution in [3.8, 4) is 0 Å². The molecule has 0 spiro atoms. The van der Waals surface area contributed by atoms with E-state index in [4.69, 9.17) is 5.84 Å². The molecule has 2 heterocycles. The lowest BCUT2D eigenvalue weighted by molar-refractivity contribution is 0.597. The maximum atomic E-state index is 5.67. The molecule has 2 rings (SSSR count). The van der Waals surface area contributed by atoms with Crippen molar-refractivity contribution < 1.29 is 0 Å². The highest BCUT2D eigenvalue weighted by Gasteiger charge is 2.18. The summed E-state index contributed by atoms with van der Waals surface area (Å²) in [6.45, 7) is 5.03. The largest absolute Gasteiger partial charge is 0.275 e. The van der Waals surface area contributed by atoms with Crippen molar-refractivity contribution in [3.05, 3.63) is 35.4 Å². The average Bonchev–Trinajstić information content (AvgIpc) is 2.89. The van der Waals surface area contributed by atoms with E-state index in [1.807, 2.05) is 37.2 Å². The molecular weight excluding hydrogens is 228 g/mol. The molecule has 0 bridgehead atoms. The van der Waals surface area contributed by atoms with Gasteiger partial charge < -0.3 is 0 Å². The van der Waals surface area contributed by atoms with Gasteiger partial charge in [0.2, 0.25) is 0 Å². The number of hydrogen-bond acceptors (Lipinski definition) is 4. The molecule has 0 aromatic carbocycles. The van der Waals surface area contributed by atoms with Gasteiger partial charge in [0, 0.05) is 37.1 Å². The second-order valence-corrected chi connectivity index (χ2v) is 4.48. The van der Waals surface area contributed by atoms with Gasteiger partial charge in [0.15, 0.2) is 0 Å². The fraction of sp³-hybridized carbons (Fsp3) is 0.500. The number of hydrogen-bond donors (Lipinski definition) is 2. The first-order valence-corrected chi connectivity index (χ1v) is 6.14. The van der Waals surface area contributed by atoms with Crippen molar-refractivity contribution in [2.45, 2.75) is 32.9 Å². The molecule has 6 heteroatoms. The van der Waals surface area contributed by atoms with E-state index in [1.54, 1.807) is 4.68 Å². The van der Waals surface area contributed by atoms with E-state index >= 15 is 0 Å². The van der Waals surface area contributed by atoms with Gasteiger partial charge in [-0.1, -0.05) is 6.92 Å². The lowest BCUT2D eigenvalue weighted by Crippen LogP contribution is -2.28. The molecule has 0 saturated heterocycles. The minimum Gasteiger partial charge on any atom is -0.275 e. The first-order chi connectivity index (χ1) is 8.65. The fourth-order valence-corrected chi connectivity index (χ4v) is 2.15. The molecule has 2 aromatic rings. The number of hydrazine groups is 1. The molecule has 3 N–H and O–H groups in total. The summed E-state index contributed by atoms with van der Waals surface area (Å²) in [5.74, 6) is 5.67. The summed E-state index contributed by atoms with van der Waals surface area (Å²) in [4.78, 5) is 0. The number of aryl methyl sites for hydroxylation is 3. The van der Waals surface area contributed by atoms with E-state index in [0.29, 0.717) is 0 Å². The van der Waals surface area contributed by atoms with Gasteiger partial charge in [0.25, 0.3) is 0 Å². The van der Waals surface area contributed by atoms with Crippen molar-refractivity contribution in [2.24, 2.45) is 12.9 Å². The Morgan fingerprint density at radius 1 is 1.44 bits per heavy atom. The highest BCUT2D eigenvalue weighted by Crippen LogP contribution is 2.23. The quantitative estimate of drug-likeness (QED) is 0.608. The summed E-state index contributed by atoms with van der Waals surface area (Å²) in [6.07, 6.45) is 6.93. The number of nitrogens with one attached hydrogen (secondary N) is 1. The van der Waals surface area contributed by atoms with Crippen LogP contribution < -0.4 is 11.3 Å². The predicted octanol–water partition coefficient (Wildman–Crippen LogP) is 0.888. The molecule has 0 saturated carbocycles. The molecule has 98 valence electrons. The maximum absolute atomic E-state index is 5.67. The summed E-state index contributed by atoms with van der Waals surface area (Å²) in [7, 11) is 1.91. The number of nitrogens with zero attached hydrogens (tertiary/aromatic N) is 4. The van der Waals surface area contributed by atoms with E-state index in [2.05, 4.69) is 22.5 Å². The third-order valence-electron chi connectivity index (χ3n) is 2.97. The zero-order valence-corrected chi connectivity index (χ0v) is 11.1. The average molecular weight is 248 g/mol. The lowest BCUT2D eigenvalue weighted by Gasteiger charge is -2.13. The Bertz CT molecular complexity index is 512. The zero-order chi connectivity index (χ0) is 13.1. The SMILES string of the molecule is CCCn1cc(C(NN)c2cn(C)nc2C)cn1. The first kappa shape index (κ1) is 12.8. The molecule has 0 amide bonds. The van der Waals surface area contributed by atoms with Crippen LogP contribution in [0.15, 0.2) is 18.6 Å². The zero-order valence-electron chi connectivity index (χ0n) is 11.1. The van der Waals surface area contributed by atoms with E-state index in [-0.39, 0.29) is 6.04 Å². The van der Waals surface area contributed by atoms with Gasteiger partial charge in [-0.2, -0.15) is 10.2 Å². The van der Waals surface area contributed by atoms with Crippen LogP contribution in [0, 0.1) is 6.92 Å². The predicted molar refractivity (Wildman–Crippen MR) is 69.6 cm³/mol. The van der Waals surface area contributed by atoms with Crippen molar-refractivity contribution in [1.29, 1.82) is 0 Å². The summed E-state index contributed by atoms with van der Waals surface area (Å²) >= 11 is 0.